The number of carbonyl (C=O) groups excluding carboxylic acids is 1. The van der Waals surface area contributed by atoms with Gasteiger partial charge in [0.2, 0.25) is 5.91 Å². The van der Waals surface area contributed by atoms with Gasteiger partial charge in [0.05, 0.1) is 12.8 Å². The Hall–Kier alpha value is -0.350. The van der Waals surface area contributed by atoms with Gasteiger partial charge in [-0.3, -0.25) is 9.63 Å². The minimum atomic E-state index is -0.120. The number of para-hydroxylation sites is 1. The predicted octanol–water partition coefficient (Wildman–Crippen LogP) is 1.84. The van der Waals surface area contributed by atoms with Crippen molar-refractivity contribution in [2.24, 2.45) is 0 Å². The number of hydrogen-bond donors (Lipinski definition) is 0. The predicted molar refractivity (Wildman–Crippen MR) is 61.8 cm³/mol. The zero-order valence-corrected chi connectivity index (χ0v) is 12.0. The van der Waals surface area contributed by atoms with Crippen molar-refractivity contribution < 1.29 is 9.63 Å². The van der Waals surface area contributed by atoms with Gasteiger partial charge in [0.15, 0.2) is 0 Å². The molecular weight excluding hydrogens is 201 g/mol. The molecule has 1 rings (SSSR count). The van der Waals surface area contributed by atoms with Crippen molar-refractivity contribution in [2.45, 2.75) is 20.8 Å². The number of rotatable bonds is 2. The summed E-state index contributed by atoms with van der Waals surface area (Å²) in [6.45, 7) is 5.39. The van der Waals surface area contributed by atoms with Gasteiger partial charge >= 0.3 is 0 Å². The molecule has 1 radical (unpaired) electrons. The SMILES string of the molecule is CON(C(C)=O)c1c(C)cccc1C.[Na]. The van der Waals surface area contributed by atoms with Gasteiger partial charge in [0.25, 0.3) is 0 Å². The number of hydrogen-bond acceptors (Lipinski definition) is 2. The first kappa shape index (κ1) is 14.6. The zero-order chi connectivity index (χ0) is 10.7. The Morgan fingerprint density at radius 2 is 1.73 bits per heavy atom. The minimum Gasteiger partial charge on any atom is -0.273 e. The van der Waals surface area contributed by atoms with Crippen LogP contribution in [0.5, 0.6) is 0 Å². The molecule has 3 nitrogen and oxygen atoms in total. The molecule has 0 aliphatic rings. The second-order valence-electron chi connectivity index (χ2n) is 3.24. The van der Waals surface area contributed by atoms with Crippen LogP contribution in [0.15, 0.2) is 18.2 Å². The van der Waals surface area contributed by atoms with Crippen LogP contribution in [-0.2, 0) is 9.63 Å². The van der Waals surface area contributed by atoms with E-state index in [2.05, 4.69) is 0 Å². The summed E-state index contributed by atoms with van der Waals surface area (Å²) in [5, 5.41) is 1.31. The van der Waals surface area contributed by atoms with Gasteiger partial charge < -0.3 is 0 Å². The van der Waals surface area contributed by atoms with Crippen LogP contribution in [0.4, 0.5) is 5.69 Å². The van der Waals surface area contributed by atoms with Crippen molar-refractivity contribution >= 4 is 41.2 Å². The molecule has 0 atom stereocenters. The van der Waals surface area contributed by atoms with E-state index in [1.165, 1.54) is 19.1 Å². The number of carbonyl (C=O) groups is 1. The molecule has 0 aliphatic heterocycles. The van der Waals surface area contributed by atoms with E-state index in [0.29, 0.717) is 0 Å². The summed E-state index contributed by atoms with van der Waals surface area (Å²) >= 11 is 0. The van der Waals surface area contributed by atoms with E-state index in [0.717, 1.165) is 16.8 Å². The van der Waals surface area contributed by atoms with Crippen LogP contribution in [0.25, 0.3) is 0 Å². The van der Waals surface area contributed by atoms with Gasteiger partial charge in [0, 0.05) is 36.5 Å². The Kier molecular flexibility index (Phi) is 6.13. The quantitative estimate of drug-likeness (QED) is 0.557. The van der Waals surface area contributed by atoms with E-state index in [-0.39, 0.29) is 35.5 Å². The van der Waals surface area contributed by atoms with Crippen molar-refractivity contribution in [1.82, 2.24) is 0 Å². The summed E-state index contributed by atoms with van der Waals surface area (Å²) in [5.41, 5.74) is 2.90. The second kappa shape index (κ2) is 6.28. The first-order chi connectivity index (χ1) is 6.57. The fraction of sp³-hybridized carbons (Fsp3) is 0.364. The number of nitrogens with zero attached hydrogens (tertiary/aromatic N) is 1. The average Bonchev–Trinajstić information content (AvgIpc) is 2.10. The Morgan fingerprint density at radius 3 is 2.07 bits per heavy atom. The van der Waals surface area contributed by atoms with Crippen LogP contribution in [0.3, 0.4) is 0 Å². The first-order valence-electron chi connectivity index (χ1n) is 4.49. The van der Waals surface area contributed by atoms with Crippen LogP contribution >= 0.6 is 0 Å². The van der Waals surface area contributed by atoms with Crippen molar-refractivity contribution in [1.29, 1.82) is 0 Å². The van der Waals surface area contributed by atoms with Crippen molar-refractivity contribution in [3.63, 3.8) is 0 Å². The van der Waals surface area contributed by atoms with Crippen molar-refractivity contribution in [2.75, 3.05) is 12.2 Å². The monoisotopic (exact) mass is 216 g/mol. The topological polar surface area (TPSA) is 29.5 Å². The summed E-state index contributed by atoms with van der Waals surface area (Å²) in [6.07, 6.45) is 0. The third-order valence-electron chi connectivity index (χ3n) is 2.11. The van der Waals surface area contributed by atoms with Gasteiger partial charge in [-0.15, -0.1) is 0 Å². The number of aryl methyl sites for hydroxylation is 2. The van der Waals surface area contributed by atoms with Crippen LogP contribution in [0.1, 0.15) is 18.1 Å². The summed E-state index contributed by atoms with van der Waals surface area (Å²) in [4.78, 5) is 16.3. The number of benzene rings is 1. The van der Waals surface area contributed by atoms with Crippen LogP contribution in [0.2, 0.25) is 0 Å². The molecule has 0 spiro atoms. The van der Waals surface area contributed by atoms with Crippen molar-refractivity contribution in [3.8, 4) is 0 Å². The van der Waals surface area contributed by atoms with Gasteiger partial charge in [-0.25, -0.2) is 0 Å². The van der Waals surface area contributed by atoms with E-state index in [1.807, 2.05) is 32.0 Å². The van der Waals surface area contributed by atoms with Crippen LogP contribution in [0, 0.1) is 13.8 Å². The number of amides is 1. The number of hydroxylamine groups is 1. The summed E-state index contributed by atoms with van der Waals surface area (Å²) in [7, 11) is 1.49. The molecular formula is C11H15NNaO2. The normalized spacial score (nSPS) is 9.33. The van der Waals surface area contributed by atoms with E-state index < -0.39 is 0 Å². The third-order valence-corrected chi connectivity index (χ3v) is 2.11. The Morgan fingerprint density at radius 1 is 1.27 bits per heavy atom. The number of anilines is 1. The molecule has 0 saturated heterocycles. The smallest absolute Gasteiger partial charge is 0.247 e. The van der Waals surface area contributed by atoms with Gasteiger partial charge in [-0.05, 0) is 25.0 Å². The molecule has 0 aliphatic carbocycles. The molecule has 0 aromatic heterocycles. The van der Waals surface area contributed by atoms with E-state index in [1.54, 1.807) is 0 Å². The molecule has 1 amide bonds. The summed E-state index contributed by atoms with van der Waals surface area (Å²) < 4.78 is 0. The molecule has 0 unspecified atom stereocenters. The maximum Gasteiger partial charge on any atom is 0.247 e. The van der Waals surface area contributed by atoms with Crippen LogP contribution in [-0.4, -0.2) is 42.6 Å². The van der Waals surface area contributed by atoms with Crippen molar-refractivity contribution in [3.05, 3.63) is 29.3 Å². The summed E-state index contributed by atoms with van der Waals surface area (Å²) in [6, 6.07) is 5.87. The Labute approximate surface area is 113 Å². The molecule has 0 bridgehead atoms. The molecule has 77 valence electrons. The fourth-order valence-electron chi connectivity index (χ4n) is 1.50. The first-order valence-corrected chi connectivity index (χ1v) is 4.49. The summed E-state index contributed by atoms with van der Waals surface area (Å²) in [5.74, 6) is -0.120. The molecule has 0 N–H and O–H groups in total. The zero-order valence-electron chi connectivity index (χ0n) is 10.00. The van der Waals surface area contributed by atoms with Gasteiger partial charge in [-0.2, -0.15) is 5.06 Å². The maximum absolute atomic E-state index is 11.3. The van der Waals surface area contributed by atoms with Gasteiger partial charge in [-0.1, -0.05) is 18.2 Å². The van der Waals surface area contributed by atoms with E-state index in [4.69, 9.17) is 4.84 Å². The van der Waals surface area contributed by atoms with Crippen LogP contribution < -0.4 is 5.06 Å². The Balaban J connectivity index is 0.00000196. The van der Waals surface area contributed by atoms with E-state index in [9.17, 15) is 4.79 Å². The molecule has 0 saturated carbocycles. The molecule has 0 heterocycles. The molecule has 1 aromatic rings. The third kappa shape index (κ3) is 3.31. The molecule has 1 aromatic carbocycles. The van der Waals surface area contributed by atoms with Gasteiger partial charge in [0.1, 0.15) is 0 Å². The molecule has 15 heavy (non-hydrogen) atoms. The minimum absolute atomic E-state index is 0. The molecule has 0 fully saturated rings. The average molecular weight is 216 g/mol. The van der Waals surface area contributed by atoms with E-state index >= 15 is 0 Å². The Bertz CT molecular complexity index is 332. The standard InChI is InChI=1S/C11H15NO2.Na/c1-8-6-5-7-9(2)11(8)12(14-4)10(3)13;/h5-7H,1-4H3;. The second-order valence-corrected chi connectivity index (χ2v) is 3.24. The fourth-order valence-corrected chi connectivity index (χ4v) is 1.50. The molecule has 4 heteroatoms. The maximum atomic E-state index is 11.3. The largest absolute Gasteiger partial charge is 0.273 e.